The lowest BCUT2D eigenvalue weighted by Gasteiger charge is -2.15. The largest absolute Gasteiger partial charge is 0.467 e. The number of rotatable bonds is 5. The monoisotopic (exact) mass is 297 g/mol. The molecule has 2 aromatic rings. The van der Waals surface area contributed by atoms with Crippen LogP contribution in [0.3, 0.4) is 0 Å². The fraction of sp³-hybridized carbons (Fsp3) is 0.250. The molecule has 0 aliphatic rings. The predicted molar refractivity (Wildman–Crippen MR) is 79.9 cm³/mol. The zero-order valence-electron chi connectivity index (χ0n) is 12.1. The van der Waals surface area contributed by atoms with Crippen LogP contribution in [0.5, 0.6) is 0 Å². The van der Waals surface area contributed by atoms with Gasteiger partial charge in [0.15, 0.2) is 0 Å². The van der Waals surface area contributed by atoms with Gasteiger partial charge in [0.2, 0.25) is 0 Å². The first kappa shape index (κ1) is 15.4. The summed E-state index contributed by atoms with van der Waals surface area (Å²) in [4.78, 5) is 28.3. The van der Waals surface area contributed by atoms with Crippen molar-refractivity contribution < 1.29 is 14.3 Å². The van der Waals surface area contributed by atoms with Gasteiger partial charge in [-0.15, -0.1) is 0 Å². The van der Waals surface area contributed by atoms with Gasteiger partial charge in [0, 0.05) is 18.0 Å². The summed E-state index contributed by atoms with van der Waals surface area (Å²) in [6, 6.07) is 9.98. The Hall–Kier alpha value is -2.94. The number of methoxy groups -OCH3 is 1. The molecule has 0 saturated carbocycles. The second-order valence-electron chi connectivity index (χ2n) is 4.63. The molecule has 1 heterocycles. The van der Waals surface area contributed by atoms with E-state index in [9.17, 15) is 9.59 Å². The number of benzene rings is 1. The Morgan fingerprint density at radius 3 is 2.86 bits per heavy atom. The van der Waals surface area contributed by atoms with Gasteiger partial charge in [-0.3, -0.25) is 9.78 Å². The number of hydrogen-bond acceptors (Lipinski definition) is 5. The summed E-state index contributed by atoms with van der Waals surface area (Å²) >= 11 is 0. The zero-order valence-corrected chi connectivity index (χ0v) is 12.1. The molecule has 0 aliphatic heterocycles. The van der Waals surface area contributed by atoms with E-state index in [4.69, 9.17) is 5.26 Å². The molecule has 0 aliphatic carbocycles. The molecule has 6 nitrogen and oxygen atoms in total. The lowest BCUT2D eigenvalue weighted by Crippen LogP contribution is -2.41. The molecule has 1 atom stereocenters. The molecular formula is C16H15N3O3. The minimum absolute atomic E-state index is 0.147. The summed E-state index contributed by atoms with van der Waals surface area (Å²) in [5, 5.41) is 12.1. The summed E-state index contributed by atoms with van der Waals surface area (Å²) in [5.41, 5.74) is 0.940. The number of nitrogens with zero attached hydrogens (tertiary/aromatic N) is 2. The maximum Gasteiger partial charge on any atom is 0.328 e. The van der Waals surface area contributed by atoms with Gasteiger partial charge in [0.1, 0.15) is 6.04 Å². The van der Waals surface area contributed by atoms with Crippen molar-refractivity contribution in [3.8, 4) is 6.07 Å². The molecule has 0 fully saturated rings. The SMILES string of the molecule is COC(=O)[C@@H](CCC#N)NC(=O)c1cccc2cccnc12. The third-order valence-electron chi connectivity index (χ3n) is 3.21. The van der Waals surface area contributed by atoms with E-state index >= 15 is 0 Å². The molecule has 1 aromatic carbocycles. The van der Waals surface area contributed by atoms with Crippen molar-refractivity contribution in [1.29, 1.82) is 5.26 Å². The van der Waals surface area contributed by atoms with Crippen molar-refractivity contribution >= 4 is 22.8 Å². The van der Waals surface area contributed by atoms with E-state index in [2.05, 4.69) is 15.0 Å². The number of amides is 1. The summed E-state index contributed by atoms with van der Waals surface area (Å²) in [7, 11) is 1.24. The highest BCUT2D eigenvalue weighted by molar-refractivity contribution is 6.06. The van der Waals surface area contributed by atoms with E-state index in [-0.39, 0.29) is 12.8 Å². The zero-order chi connectivity index (χ0) is 15.9. The molecule has 1 N–H and O–H groups in total. The third-order valence-corrected chi connectivity index (χ3v) is 3.21. The van der Waals surface area contributed by atoms with Gasteiger partial charge in [-0.25, -0.2) is 4.79 Å². The molecule has 1 aromatic heterocycles. The van der Waals surface area contributed by atoms with Crippen molar-refractivity contribution in [2.75, 3.05) is 7.11 Å². The van der Waals surface area contributed by atoms with Gasteiger partial charge in [0.05, 0.1) is 24.3 Å². The number of esters is 1. The average Bonchev–Trinajstić information content (AvgIpc) is 2.57. The molecule has 0 spiro atoms. The molecular weight excluding hydrogens is 282 g/mol. The van der Waals surface area contributed by atoms with Gasteiger partial charge >= 0.3 is 5.97 Å². The maximum atomic E-state index is 12.4. The molecule has 112 valence electrons. The van der Waals surface area contributed by atoms with Gasteiger partial charge in [-0.05, 0) is 18.6 Å². The van der Waals surface area contributed by atoms with Crippen LogP contribution in [-0.2, 0) is 9.53 Å². The number of ether oxygens (including phenoxy) is 1. The Bertz CT molecular complexity index is 731. The van der Waals surface area contributed by atoms with E-state index in [0.29, 0.717) is 11.1 Å². The first-order valence-electron chi connectivity index (χ1n) is 6.76. The number of para-hydroxylation sites is 1. The second-order valence-corrected chi connectivity index (χ2v) is 4.63. The van der Waals surface area contributed by atoms with E-state index < -0.39 is 17.9 Å². The molecule has 22 heavy (non-hydrogen) atoms. The minimum atomic E-state index is -0.851. The third kappa shape index (κ3) is 3.38. The number of nitriles is 1. The van der Waals surface area contributed by atoms with Crippen LogP contribution in [0.15, 0.2) is 36.5 Å². The molecule has 1 amide bonds. The van der Waals surface area contributed by atoms with Crippen LogP contribution in [0.1, 0.15) is 23.2 Å². The average molecular weight is 297 g/mol. The van der Waals surface area contributed by atoms with E-state index in [1.54, 1.807) is 24.4 Å². The molecule has 0 unspecified atom stereocenters. The Morgan fingerprint density at radius 1 is 1.36 bits per heavy atom. The van der Waals surface area contributed by atoms with Crippen molar-refractivity contribution in [2.45, 2.75) is 18.9 Å². The Balaban J connectivity index is 2.25. The normalized spacial score (nSPS) is 11.5. The first-order valence-corrected chi connectivity index (χ1v) is 6.76. The second kappa shape index (κ2) is 7.18. The summed E-state index contributed by atoms with van der Waals surface area (Å²) in [6.45, 7) is 0. The van der Waals surface area contributed by atoms with E-state index in [1.807, 2.05) is 18.2 Å². The Morgan fingerprint density at radius 2 is 2.14 bits per heavy atom. The minimum Gasteiger partial charge on any atom is -0.467 e. The van der Waals surface area contributed by atoms with Gasteiger partial charge in [-0.2, -0.15) is 5.26 Å². The van der Waals surface area contributed by atoms with Crippen molar-refractivity contribution in [2.24, 2.45) is 0 Å². The number of fused-ring (bicyclic) bond motifs is 1. The number of carbonyl (C=O) groups is 2. The van der Waals surface area contributed by atoms with E-state index in [0.717, 1.165) is 5.39 Å². The van der Waals surface area contributed by atoms with Crippen molar-refractivity contribution in [1.82, 2.24) is 10.3 Å². The molecule has 0 radical (unpaired) electrons. The van der Waals surface area contributed by atoms with Crippen molar-refractivity contribution in [3.05, 3.63) is 42.1 Å². The Labute approximate surface area is 127 Å². The standard InChI is InChI=1S/C16H15N3O3/c1-22-16(21)13(8-3-9-17)19-15(20)12-7-2-5-11-6-4-10-18-14(11)12/h2,4-7,10,13H,3,8H2,1H3,(H,19,20)/t13-/m1/s1. The van der Waals surface area contributed by atoms with Crippen LogP contribution in [0.4, 0.5) is 0 Å². The van der Waals surface area contributed by atoms with Crippen LogP contribution < -0.4 is 5.32 Å². The van der Waals surface area contributed by atoms with Crippen LogP contribution in [-0.4, -0.2) is 30.0 Å². The van der Waals surface area contributed by atoms with Crippen LogP contribution in [0.2, 0.25) is 0 Å². The summed E-state index contributed by atoms with van der Waals surface area (Å²) < 4.78 is 4.65. The Kier molecular flexibility index (Phi) is 5.04. The lowest BCUT2D eigenvalue weighted by atomic mass is 10.1. The van der Waals surface area contributed by atoms with E-state index in [1.165, 1.54) is 7.11 Å². The fourth-order valence-corrected chi connectivity index (χ4v) is 2.12. The highest BCUT2D eigenvalue weighted by Gasteiger charge is 2.22. The highest BCUT2D eigenvalue weighted by Crippen LogP contribution is 2.16. The number of nitrogens with one attached hydrogen (secondary N) is 1. The van der Waals surface area contributed by atoms with Crippen LogP contribution in [0, 0.1) is 11.3 Å². The van der Waals surface area contributed by atoms with Gasteiger partial charge in [0.25, 0.3) is 5.91 Å². The lowest BCUT2D eigenvalue weighted by molar-refractivity contribution is -0.143. The maximum absolute atomic E-state index is 12.4. The quantitative estimate of drug-likeness (QED) is 0.850. The number of pyridine rings is 1. The number of aromatic nitrogens is 1. The van der Waals surface area contributed by atoms with Gasteiger partial charge < -0.3 is 10.1 Å². The van der Waals surface area contributed by atoms with Gasteiger partial charge in [-0.1, -0.05) is 18.2 Å². The highest BCUT2D eigenvalue weighted by atomic mass is 16.5. The van der Waals surface area contributed by atoms with Crippen LogP contribution in [0.25, 0.3) is 10.9 Å². The topological polar surface area (TPSA) is 92.1 Å². The summed E-state index contributed by atoms with van der Waals surface area (Å²) in [6.07, 6.45) is 1.95. The molecule has 0 saturated heterocycles. The molecule has 6 heteroatoms. The van der Waals surface area contributed by atoms with Crippen LogP contribution >= 0.6 is 0 Å². The molecule has 0 bridgehead atoms. The van der Waals surface area contributed by atoms with Crippen molar-refractivity contribution in [3.63, 3.8) is 0 Å². The first-order chi connectivity index (χ1) is 10.7. The smallest absolute Gasteiger partial charge is 0.328 e. The molecule has 2 rings (SSSR count). The predicted octanol–water partition coefficient (Wildman–Crippen LogP) is 1.81. The summed E-state index contributed by atoms with van der Waals surface area (Å²) in [5.74, 6) is -0.991. The number of carbonyl (C=O) groups excluding carboxylic acids is 2. The number of hydrogen-bond donors (Lipinski definition) is 1. The fourth-order valence-electron chi connectivity index (χ4n) is 2.12.